The van der Waals surface area contributed by atoms with Gasteiger partial charge in [0, 0.05) is 17.7 Å². The molecule has 1 aliphatic rings. The molecule has 1 heterocycles. The Hall–Kier alpha value is -1.93. The first kappa shape index (κ1) is 12.1. The first-order chi connectivity index (χ1) is 9.24. The van der Waals surface area contributed by atoms with Crippen LogP contribution in [0.2, 0.25) is 0 Å². The number of hydrogen-bond donors (Lipinski definition) is 1. The van der Waals surface area contributed by atoms with Crippen molar-refractivity contribution in [2.24, 2.45) is 0 Å². The molecule has 0 aliphatic heterocycles. The third-order valence-corrected chi connectivity index (χ3v) is 3.35. The van der Waals surface area contributed by atoms with Crippen molar-refractivity contribution in [3.63, 3.8) is 0 Å². The second-order valence-corrected chi connectivity index (χ2v) is 5.34. The van der Waals surface area contributed by atoms with Crippen LogP contribution >= 0.6 is 15.9 Å². The van der Waals surface area contributed by atoms with Crippen LogP contribution < -0.4 is 5.32 Å². The summed E-state index contributed by atoms with van der Waals surface area (Å²) in [5.74, 6) is 2.18. The lowest BCUT2D eigenvalue weighted by atomic mass is 10.2. The summed E-state index contributed by atoms with van der Waals surface area (Å²) in [6, 6.07) is 11.2. The van der Waals surface area contributed by atoms with E-state index < -0.39 is 0 Å². The molecule has 19 heavy (non-hydrogen) atoms. The summed E-state index contributed by atoms with van der Waals surface area (Å²) in [6.07, 6.45) is 2.35. The van der Waals surface area contributed by atoms with Crippen molar-refractivity contribution in [1.82, 2.24) is 9.97 Å². The SMILES string of the molecule is N#Cc1ccc(Nc2cc(Br)nc(C3CC3)n2)cc1. The molecule has 1 aromatic heterocycles. The molecular formula is C14H11BrN4. The molecule has 1 aromatic carbocycles. The average Bonchev–Trinajstić information content (AvgIpc) is 3.23. The van der Waals surface area contributed by atoms with Gasteiger partial charge in [0.15, 0.2) is 0 Å². The summed E-state index contributed by atoms with van der Waals surface area (Å²) in [4.78, 5) is 8.90. The van der Waals surface area contributed by atoms with Gasteiger partial charge in [-0.15, -0.1) is 0 Å². The number of rotatable bonds is 3. The van der Waals surface area contributed by atoms with E-state index in [0.717, 1.165) is 21.9 Å². The van der Waals surface area contributed by atoms with Gasteiger partial charge >= 0.3 is 0 Å². The molecule has 94 valence electrons. The van der Waals surface area contributed by atoms with Crippen LogP contribution in [0.4, 0.5) is 11.5 Å². The van der Waals surface area contributed by atoms with Gasteiger partial charge in [0.2, 0.25) is 0 Å². The highest BCUT2D eigenvalue weighted by Crippen LogP contribution is 2.39. The van der Waals surface area contributed by atoms with Gasteiger partial charge in [-0.2, -0.15) is 5.26 Å². The predicted octanol–water partition coefficient (Wildman–Crippen LogP) is 3.73. The first-order valence-corrected chi connectivity index (χ1v) is 6.85. The lowest BCUT2D eigenvalue weighted by Crippen LogP contribution is -1.99. The molecule has 1 saturated carbocycles. The molecule has 0 bridgehead atoms. The van der Waals surface area contributed by atoms with Gasteiger partial charge in [0.05, 0.1) is 11.6 Å². The van der Waals surface area contributed by atoms with Gasteiger partial charge in [-0.05, 0) is 53.0 Å². The first-order valence-electron chi connectivity index (χ1n) is 6.06. The Labute approximate surface area is 119 Å². The maximum Gasteiger partial charge on any atom is 0.135 e. The molecule has 1 N–H and O–H groups in total. The number of nitrogens with one attached hydrogen (secondary N) is 1. The largest absolute Gasteiger partial charge is 0.340 e. The minimum atomic E-state index is 0.513. The third kappa shape index (κ3) is 2.91. The monoisotopic (exact) mass is 314 g/mol. The van der Waals surface area contributed by atoms with E-state index >= 15 is 0 Å². The fraction of sp³-hybridized carbons (Fsp3) is 0.214. The molecule has 3 rings (SSSR count). The zero-order chi connectivity index (χ0) is 13.2. The van der Waals surface area contributed by atoms with E-state index in [-0.39, 0.29) is 0 Å². The van der Waals surface area contributed by atoms with Gasteiger partial charge < -0.3 is 5.32 Å². The van der Waals surface area contributed by atoms with E-state index in [9.17, 15) is 0 Å². The predicted molar refractivity (Wildman–Crippen MR) is 76.1 cm³/mol. The van der Waals surface area contributed by atoms with Crippen LogP contribution in [-0.4, -0.2) is 9.97 Å². The van der Waals surface area contributed by atoms with Crippen molar-refractivity contribution in [2.45, 2.75) is 18.8 Å². The number of aromatic nitrogens is 2. The summed E-state index contributed by atoms with van der Waals surface area (Å²) in [5.41, 5.74) is 1.56. The van der Waals surface area contributed by atoms with Gasteiger partial charge in [-0.25, -0.2) is 9.97 Å². The van der Waals surface area contributed by atoms with Crippen molar-refractivity contribution >= 4 is 27.4 Å². The minimum Gasteiger partial charge on any atom is -0.340 e. The van der Waals surface area contributed by atoms with Crippen LogP contribution in [0.5, 0.6) is 0 Å². The number of anilines is 2. The molecule has 0 saturated heterocycles. The van der Waals surface area contributed by atoms with Crippen LogP contribution in [0, 0.1) is 11.3 Å². The Morgan fingerprint density at radius 3 is 2.58 bits per heavy atom. The van der Waals surface area contributed by atoms with Gasteiger partial charge in [-0.3, -0.25) is 0 Å². The van der Waals surface area contributed by atoms with Crippen LogP contribution in [0.15, 0.2) is 34.9 Å². The Kier molecular flexibility index (Phi) is 3.18. The molecule has 2 aromatic rings. The Bertz CT molecular complexity index is 641. The molecular weight excluding hydrogens is 304 g/mol. The highest BCUT2D eigenvalue weighted by Gasteiger charge is 2.27. The topological polar surface area (TPSA) is 61.6 Å². The molecule has 0 spiro atoms. The van der Waals surface area contributed by atoms with Crippen LogP contribution in [0.3, 0.4) is 0 Å². The zero-order valence-electron chi connectivity index (χ0n) is 10.1. The summed E-state index contributed by atoms with van der Waals surface area (Å²) in [7, 11) is 0. The maximum absolute atomic E-state index is 8.76. The number of hydrogen-bond acceptors (Lipinski definition) is 4. The molecule has 0 radical (unpaired) electrons. The zero-order valence-corrected chi connectivity index (χ0v) is 11.7. The summed E-state index contributed by atoms with van der Waals surface area (Å²) < 4.78 is 0.792. The van der Waals surface area contributed by atoms with E-state index in [1.807, 2.05) is 18.2 Å². The summed E-state index contributed by atoms with van der Waals surface area (Å²) in [5, 5.41) is 12.0. The molecule has 0 unspecified atom stereocenters. The maximum atomic E-state index is 8.76. The Balaban J connectivity index is 1.83. The molecule has 4 nitrogen and oxygen atoms in total. The Morgan fingerprint density at radius 1 is 1.21 bits per heavy atom. The Morgan fingerprint density at radius 2 is 1.95 bits per heavy atom. The molecule has 0 amide bonds. The quantitative estimate of drug-likeness (QED) is 0.877. The van der Waals surface area contributed by atoms with Crippen molar-refractivity contribution < 1.29 is 0 Å². The fourth-order valence-corrected chi connectivity index (χ4v) is 2.20. The number of benzene rings is 1. The second-order valence-electron chi connectivity index (χ2n) is 4.52. The summed E-state index contributed by atoms with van der Waals surface area (Å²) in [6.45, 7) is 0. The van der Waals surface area contributed by atoms with E-state index in [2.05, 4.69) is 37.3 Å². The summed E-state index contributed by atoms with van der Waals surface area (Å²) >= 11 is 3.41. The van der Waals surface area contributed by atoms with Crippen molar-refractivity contribution in [1.29, 1.82) is 5.26 Å². The van der Waals surface area contributed by atoms with E-state index in [4.69, 9.17) is 5.26 Å². The molecule has 0 atom stereocenters. The number of halogens is 1. The van der Waals surface area contributed by atoms with Crippen LogP contribution in [0.25, 0.3) is 0 Å². The standard InChI is InChI=1S/C14H11BrN4/c15-12-7-13(19-14(18-12)10-3-4-10)17-11-5-1-9(8-16)2-6-11/h1-2,5-7,10H,3-4H2,(H,17,18,19). The van der Waals surface area contributed by atoms with Crippen LogP contribution in [0.1, 0.15) is 30.1 Å². The lowest BCUT2D eigenvalue weighted by Gasteiger charge is -2.07. The van der Waals surface area contributed by atoms with Crippen molar-refractivity contribution in [2.75, 3.05) is 5.32 Å². The van der Waals surface area contributed by atoms with Gasteiger partial charge in [0.1, 0.15) is 16.2 Å². The van der Waals surface area contributed by atoms with Crippen LogP contribution in [-0.2, 0) is 0 Å². The van der Waals surface area contributed by atoms with E-state index in [0.29, 0.717) is 11.5 Å². The molecule has 5 heteroatoms. The van der Waals surface area contributed by atoms with Crippen molar-refractivity contribution in [3.05, 3.63) is 46.3 Å². The smallest absolute Gasteiger partial charge is 0.135 e. The van der Waals surface area contributed by atoms with Gasteiger partial charge in [0.25, 0.3) is 0 Å². The van der Waals surface area contributed by atoms with E-state index in [1.54, 1.807) is 12.1 Å². The van der Waals surface area contributed by atoms with Crippen molar-refractivity contribution in [3.8, 4) is 6.07 Å². The minimum absolute atomic E-state index is 0.513. The molecule has 1 aliphatic carbocycles. The average molecular weight is 315 g/mol. The highest BCUT2D eigenvalue weighted by molar-refractivity contribution is 9.10. The number of nitrogens with zero attached hydrogens (tertiary/aromatic N) is 3. The normalized spacial score (nSPS) is 13.9. The second kappa shape index (κ2) is 4.98. The fourth-order valence-electron chi connectivity index (χ4n) is 1.80. The highest BCUT2D eigenvalue weighted by atomic mass is 79.9. The lowest BCUT2D eigenvalue weighted by molar-refractivity contribution is 0.919. The van der Waals surface area contributed by atoms with Gasteiger partial charge in [-0.1, -0.05) is 0 Å². The molecule has 1 fully saturated rings. The van der Waals surface area contributed by atoms with E-state index in [1.165, 1.54) is 12.8 Å². The number of nitriles is 1. The third-order valence-electron chi connectivity index (χ3n) is 2.94.